The second-order valence-electron chi connectivity index (χ2n) is 4.50. The SMILES string of the molecule is CC(=O)CN(Cc1ccccc1)c1ccccc1I. The summed E-state index contributed by atoms with van der Waals surface area (Å²) >= 11 is 2.31. The van der Waals surface area contributed by atoms with Crippen LogP contribution in [0.2, 0.25) is 0 Å². The Bertz CT molecular complexity index is 554. The number of nitrogens with zero attached hydrogens (tertiary/aromatic N) is 1. The molecule has 0 aliphatic rings. The molecule has 0 atom stereocenters. The van der Waals surface area contributed by atoms with Crippen molar-refractivity contribution in [2.75, 3.05) is 11.4 Å². The van der Waals surface area contributed by atoms with Crippen LogP contribution in [0.4, 0.5) is 5.69 Å². The number of para-hydroxylation sites is 1. The maximum Gasteiger partial charge on any atom is 0.149 e. The molecule has 2 rings (SSSR count). The molecule has 0 saturated carbocycles. The van der Waals surface area contributed by atoms with E-state index in [0.717, 1.165) is 15.8 Å². The minimum Gasteiger partial charge on any atom is -0.359 e. The number of ketones is 1. The van der Waals surface area contributed by atoms with Crippen molar-refractivity contribution in [2.45, 2.75) is 13.5 Å². The van der Waals surface area contributed by atoms with Crippen LogP contribution in [0.1, 0.15) is 12.5 Å². The van der Waals surface area contributed by atoms with Gasteiger partial charge in [0.15, 0.2) is 0 Å². The van der Waals surface area contributed by atoms with Crippen molar-refractivity contribution in [2.24, 2.45) is 0 Å². The second-order valence-corrected chi connectivity index (χ2v) is 5.66. The molecule has 0 aromatic heterocycles. The minimum atomic E-state index is 0.176. The zero-order valence-electron chi connectivity index (χ0n) is 10.8. The molecule has 3 heteroatoms. The second kappa shape index (κ2) is 6.70. The molecule has 19 heavy (non-hydrogen) atoms. The predicted molar refractivity (Wildman–Crippen MR) is 87.3 cm³/mol. The zero-order chi connectivity index (χ0) is 13.7. The molecule has 0 amide bonds. The standard InChI is InChI=1S/C16H16INO/c1-13(19)11-18(12-14-7-3-2-4-8-14)16-10-6-5-9-15(16)17/h2-10H,11-12H2,1H3. The van der Waals surface area contributed by atoms with E-state index < -0.39 is 0 Å². The highest BCUT2D eigenvalue weighted by Crippen LogP contribution is 2.23. The monoisotopic (exact) mass is 365 g/mol. The Morgan fingerprint density at radius 1 is 1.05 bits per heavy atom. The summed E-state index contributed by atoms with van der Waals surface area (Å²) in [7, 11) is 0. The number of carbonyl (C=O) groups is 1. The van der Waals surface area contributed by atoms with Crippen LogP contribution in [0.25, 0.3) is 0 Å². The average Bonchev–Trinajstić information content (AvgIpc) is 2.39. The Morgan fingerprint density at radius 3 is 2.32 bits per heavy atom. The number of halogens is 1. The lowest BCUT2D eigenvalue weighted by Crippen LogP contribution is -2.28. The molecule has 2 aromatic carbocycles. The first-order valence-corrected chi connectivity index (χ1v) is 7.27. The van der Waals surface area contributed by atoms with Crippen molar-refractivity contribution < 1.29 is 4.79 Å². The van der Waals surface area contributed by atoms with E-state index in [4.69, 9.17) is 0 Å². The third-order valence-electron chi connectivity index (χ3n) is 2.82. The molecule has 0 aliphatic heterocycles. The van der Waals surface area contributed by atoms with Crippen LogP contribution < -0.4 is 4.90 Å². The minimum absolute atomic E-state index is 0.176. The summed E-state index contributed by atoms with van der Waals surface area (Å²) in [5, 5.41) is 0. The molecule has 0 saturated heterocycles. The number of rotatable bonds is 5. The van der Waals surface area contributed by atoms with Gasteiger partial charge in [0.25, 0.3) is 0 Å². The van der Waals surface area contributed by atoms with Gasteiger partial charge in [0.1, 0.15) is 5.78 Å². The van der Waals surface area contributed by atoms with Gasteiger partial charge >= 0.3 is 0 Å². The fourth-order valence-corrected chi connectivity index (χ4v) is 2.74. The van der Waals surface area contributed by atoms with Crippen molar-refractivity contribution in [3.8, 4) is 0 Å². The summed E-state index contributed by atoms with van der Waals surface area (Å²) in [6.07, 6.45) is 0. The number of hydrogen-bond acceptors (Lipinski definition) is 2. The van der Waals surface area contributed by atoms with Crippen LogP contribution in [-0.2, 0) is 11.3 Å². The molecule has 0 unspecified atom stereocenters. The normalized spacial score (nSPS) is 10.2. The Balaban J connectivity index is 2.26. The fraction of sp³-hybridized carbons (Fsp3) is 0.188. The summed E-state index contributed by atoms with van der Waals surface area (Å²) in [4.78, 5) is 13.6. The molecule has 2 aromatic rings. The maximum atomic E-state index is 11.5. The van der Waals surface area contributed by atoms with Crippen molar-refractivity contribution in [1.29, 1.82) is 0 Å². The van der Waals surface area contributed by atoms with Gasteiger partial charge in [-0.1, -0.05) is 42.5 Å². The average molecular weight is 365 g/mol. The summed E-state index contributed by atoms with van der Waals surface area (Å²) in [5.41, 5.74) is 2.32. The molecule has 0 heterocycles. The van der Waals surface area contributed by atoms with Gasteiger partial charge in [-0.15, -0.1) is 0 Å². The first kappa shape index (κ1) is 14.1. The van der Waals surface area contributed by atoms with Gasteiger partial charge in [-0.2, -0.15) is 0 Å². The van der Waals surface area contributed by atoms with Crippen LogP contribution >= 0.6 is 22.6 Å². The van der Waals surface area contributed by atoms with E-state index in [2.05, 4.69) is 51.8 Å². The van der Waals surface area contributed by atoms with Gasteiger partial charge in [0, 0.05) is 10.1 Å². The number of carbonyl (C=O) groups excluding carboxylic acids is 1. The van der Waals surface area contributed by atoms with Gasteiger partial charge in [0.05, 0.1) is 12.2 Å². The summed E-state index contributed by atoms with van der Waals surface area (Å²) in [6.45, 7) is 2.82. The molecular weight excluding hydrogens is 349 g/mol. The van der Waals surface area contributed by atoms with Crippen LogP contribution in [0.15, 0.2) is 54.6 Å². The summed E-state index contributed by atoms with van der Waals surface area (Å²) < 4.78 is 1.16. The van der Waals surface area contributed by atoms with E-state index in [1.165, 1.54) is 5.56 Å². The van der Waals surface area contributed by atoms with Gasteiger partial charge in [-0.05, 0) is 47.2 Å². The molecule has 0 aliphatic carbocycles. The van der Waals surface area contributed by atoms with Crippen molar-refractivity contribution in [3.05, 3.63) is 63.7 Å². The van der Waals surface area contributed by atoms with E-state index >= 15 is 0 Å². The Labute approximate surface area is 127 Å². The van der Waals surface area contributed by atoms with E-state index in [-0.39, 0.29) is 5.78 Å². The lowest BCUT2D eigenvalue weighted by Gasteiger charge is -2.25. The van der Waals surface area contributed by atoms with E-state index in [9.17, 15) is 4.79 Å². The van der Waals surface area contributed by atoms with Crippen LogP contribution in [0.5, 0.6) is 0 Å². The van der Waals surface area contributed by atoms with Gasteiger partial charge < -0.3 is 4.90 Å². The van der Waals surface area contributed by atoms with E-state index in [1.807, 2.05) is 30.3 Å². The zero-order valence-corrected chi connectivity index (χ0v) is 13.0. The summed E-state index contributed by atoms with van der Waals surface area (Å²) in [6, 6.07) is 18.4. The molecule has 2 nitrogen and oxygen atoms in total. The smallest absolute Gasteiger partial charge is 0.149 e. The van der Waals surface area contributed by atoms with E-state index in [0.29, 0.717) is 6.54 Å². The fourth-order valence-electron chi connectivity index (χ4n) is 2.01. The molecular formula is C16H16INO. The van der Waals surface area contributed by atoms with Crippen molar-refractivity contribution in [1.82, 2.24) is 0 Å². The van der Waals surface area contributed by atoms with Gasteiger partial charge in [0.2, 0.25) is 0 Å². The first-order chi connectivity index (χ1) is 9.16. The lowest BCUT2D eigenvalue weighted by molar-refractivity contribution is -0.115. The molecule has 0 N–H and O–H groups in total. The highest BCUT2D eigenvalue weighted by molar-refractivity contribution is 14.1. The highest BCUT2D eigenvalue weighted by atomic mass is 127. The molecule has 0 fully saturated rings. The van der Waals surface area contributed by atoms with Crippen molar-refractivity contribution in [3.63, 3.8) is 0 Å². The van der Waals surface area contributed by atoms with Gasteiger partial charge in [-0.3, -0.25) is 4.79 Å². The molecule has 0 spiro atoms. The molecule has 98 valence electrons. The van der Waals surface area contributed by atoms with Crippen LogP contribution in [-0.4, -0.2) is 12.3 Å². The quantitative estimate of drug-likeness (QED) is 0.750. The Morgan fingerprint density at radius 2 is 1.68 bits per heavy atom. The third kappa shape index (κ3) is 4.06. The summed E-state index contributed by atoms with van der Waals surface area (Å²) in [5.74, 6) is 0.176. The number of hydrogen-bond donors (Lipinski definition) is 0. The maximum absolute atomic E-state index is 11.5. The Hall–Kier alpha value is -1.36. The molecule has 0 radical (unpaired) electrons. The number of Topliss-reactive ketones (excluding diaryl/α,β-unsaturated/α-hetero) is 1. The highest BCUT2D eigenvalue weighted by Gasteiger charge is 2.12. The lowest BCUT2D eigenvalue weighted by atomic mass is 10.2. The molecule has 0 bridgehead atoms. The number of benzene rings is 2. The van der Waals surface area contributed by atoms with Gasteiger partial charge in [-0.25, -0.2) is 0 Å². The predicted octanol–water partition coefficient (Wildman–Crippen LogP) is 3.89. The van der Waals surface area contributed by atoms with Crippen molar-refractivity contribution >= 4 is 34.1 Å². The van der Waals surface area contributed by atoms with Crippen LogP contribution in [0.3, 0.4) is 0 Å². The van der Waals surface area contributed by atoms with Crippen LogP contribution in [0, 0.1) is 3.57 Å². The first-order valence-electron chi connectivity index (χ1n) is 6.19. The largest absolute Gasteiger partial charge is 0.359 e. The Kier molecular flexibility index (Phi) is 4.96. The third-order valence-corrected chi connectivity index (χ3v) is 3.74. The number of anilines is 1. The topological polar surface area (TPSA) is 20.3 Å². The van der Waals surface area contributed by atoms with E-state index in [1.54, 1.807) is 6.92 Å².